The first kappa shape index (κ1) is 18.4. The second-order valence-electron chi connectivity index (χ2n) is 7.26. The van der Waals surface area contributed by atoms with Crippen molar-refractivity contribution in [1.82, 2.24) is 14.1 Å². The van der Waals surface area contributed by atoms with Crippen LogP contribution in [0.2, 0.25) is 0 Å². The fourth-order valence-corrected chi connectivity index (χ4v) is 5.93. The topological polar surface area (TPSA) is 94.6 Å². The molecule has 9 heteroatoms. The van der Waals surface area contributed by atoms with Crippen LogP contribution in [0.5, 0.6) is 0 Å². The predicted molar refractivity (Wildman–Crippen MR) is 97.7 cm³/mol. The van der Waals surface area contributed by atoms with Gasteiger partial charge in [-0.3, -0.25) is 0 Å². The normalized spacial score (nSPS) is 22.6. The molecule has 0 amide bonds. The molecule has 2 aliphatic rings. The van der Waals surface area contributed by atoms with Crippen LogP contribution in [-0.4, -0.2) is 48.0 Å². The first-order chi connectivity index (χ1) is 12.9. The van der Waals surface area contributed by atoms with Crippen molar-refractivity contribution in [1.29, 1.82) is 0 Å². The second kappa shape index (κ2) is 6.88. The minimum absolute atomic E-state index is 0.0212. The maximum absolute atomic E-state index is 13.0. The van der Waals surface area contributed by atoms with E-state index in [-0.39, 0.29) is 29.6 Å². The number of benzene rings is 1. The Morgan fingerprint density at radius 1 is 1.22 bits per heavy atom. The molecule has 3 heterocycles. The van der Waals surface area contributed by atoms with Crippen LogP contribution in [0.4, 0.5) is 0 Å². The summed E-state index contributed by atoms with van der Waals surface area (Å²) in [6.45, 7) is 3.34. The summed E-state index contributed by atoms with van der Waals surface area (Å²) in [5.74, 6) is -0.592. The third-order valence-corrected chi connectivity index (χ3v) is 7.32. The van der Waals surface area contributed by atoms with E-state index in [9.17, 15) is 13.2 Å². The molecule has 1 spiro atoms. The summed E-state index contributed by atoms with van der Waals surface area (Å²) < 4.78 is 39.0. The molecule has 2 aliphatic heterocycles. The van der Waals surface area contributed by atoms with E-state index in [4.69, 9.17) is 9.15 Å². The zero-order valence-electron chi connectivity index (χ0n) is 15.2. The Morgan fingerprint density at radius 3 is 2.56 bits per heavy atom. The van der Waals surface area contributed by atoms with Crippen LogP contribution < -0.4 is 5.76 Å². The van der Waals surface area contributed by atoms with Crippen molar-refractivity contribution >= 4 is 10.0 Å². The van der Waals surface area contributed by atoms with Gasteiger partial charge in [-0.05, 0) is 18.4 Å². The summed E-state index contributed by atoms with van der Waals surface area (Å²) >= 11 is 0. The van der Waals surface area contributed by atoms with Crippen molar-refractivity contribution in [3.63, 3.8) is 0 Å². The monoisotopic (exact) mass is 393 g/mol. The van der Waals surface area contributed by atoms with Crippen LogP contribution >= 0.6 is 0 Å². The predicted octanol–water partition coefficient (Wildman–Crippen LogP) is 1.33. The Labute approximate surface area is 157 Å². The van der Waals surface area contributed by atoms with Crippen LogP contribution in [0, 0.1) is 12.3 Å². The maximum Gasteiger partial charge on any atom is 0.437 e. The Balaban J connectivity index is 1.57. The molecule has 0 aliphatic carbocycles. The van der Waals surface area contributed by atoms with Gasteiger partial charge in [0.1, 0.15) is 0 Å². The van der Waals surface area contributed by atoms with Crippen molar-refractivity contribution in [3.8, 4) is 0 Å². The number of nitrogens with zero attached hydrogens (tertiary/aromatic N) is 3. The average molecular weight is 393 g/mol. The average Bonchev–Trinajstić information content (AvgIpc) is 2.97. The molecule has 4 rings (SSSR count). The van der Waals surface area contributed by atoms with Gasteiger partial charge in [-0.15, -0.1) is 5.10 Å². The number of hydrogen-bond acceptors (Lipinski definition) is 6. The lowest BCUT2D eigenvalue weighted by molar-refractivity contribution is -0.0952. The standard InChI is InChI=1S/C18H23N3O5S/c1-14-19-20(17(22)26-14)9-12-27(23,24)21-13-18(7-10-25-11-8-18)16(21)15-5-3-2-4-6-15/h2-6,16H,7-13H2,1H3. The summed E-state index contributed by atoms with van der Waals surface area (Å²) in [5, 5.41) is 3.92. The number of rotatable bonds is 5. The highest BCUT2D eigenvalue weighted by Crippen LogP contribution is 2.55. The Kier molecular flexibility index (Phi) is 4.69. The lowest BCUT2D eigenvalue weighted by Gasteiger charge is -2.58. The molecule has 0 radical (unpaired) electrons. The van der Waals surface area contributed by atoms with E-state index in [1.165, 1.54) is 0 Å². The van der Waals surface area contributed by atoms with Gasteiger partial charge in [0.25, 0.3) is 0 Å². The van der Waals surface area contributed by atoms with Crippen LogP contribution in [0.1, 0.15) is 30.3 Å². The van der Waals surface area contributed by atoms with Gasteiger partial charge >= 0.3 is 5.76 Å². The van der Waals surface area contributed by atoms with E-state index < -0.39 is 15.8 Å². The molecule has 1 aromatic carbocycles. The molecule has 27 heavy (non-hydrogen) atoms. The molecule has 1 unspecified atom stereocenters. The molecule has 1 aromatic heterocycles. The Hall–Kier alpha value is -1.97. The van der Waals surface area contributed by atoms with Gasteiger partial charge in [-0.2, -0.15) is 8.99 Å². The molecule has 0 saturated carbocycles. The van der Waals surface area contributed by atoms with E-state index in [2.05, 4.69) is 5.10 Å². The summed E-state index contributed by atoms with van der Waals surface area (Å²) in [7, 11) is -3.55. The quantitative estimate of drug-likeness (QED) is 0.761. The summed E-state index contributed by atoms with van der Waals surface area (Å²) in [5.41, 5.74) is 0.928. The zero-order chi connectivity index (χ0) is 19.1. The fourth-order valence-electron chi connectivity index (χ4n) is 4.18. The molecule has 1 atom stereocenters. The van der Waals surface area contributed by atoms with Crippen molar-refractivity contribution in [2.24, 2.45) is 5.41 Å². The van der Waals surface area contributed by atoms with Crippen LogP contribution in [0.3, 0.4) is 0 Å². The molecule has 146 valence electrons. The van der Waals surface area contributed by atoms with Gasteiger partial charge in [0, 0.05) is 32.1 Å². The van der Waals surface area contributed by atoms with Gasteiger partial charge in [0.15, 0.2) is 0 Å². The number of ether oxygens (including phenoxy) is 1. The molecular weight excluding hydrogens is 370 g/mol. The maximum atomic E-state index is 13.0. The fraction of sp³-hybridized carbons (Fsp3) is 0.556. The molecule has 2 aromatic rings. The van der Waals surface area contributed by atoms with Gasteiger partial charge in [-0.25, -0.2) is 13.2 Å². The molecule has 2 fully saturated rings. The van der Waals surface area contributed by atoms with E-state index in [1.807, 2.05) is 30.3 Å². The third-order valence-electron chi connectivity index (χ3n) is 5.57. The largest absolute Gasteiger partial charge is 0.437 e. The summed E-state index contributed by atoms with van der Waals surface area (Å²) in [6.07, 6.45) is 1.70. The molecule has 8 nitrogen and oxygen atoms in total. The van der Waals surface area contributed by atoms with E-state index >= 15 is 0 Å². The zero-order valence-corrected chi connectivity index (χ0v) is 16.0. The van der Waals surface area contributed by atoms with Crippen LogP contribution in [0.15, 0.2) is 39.5 Å². The minimum atomic E-state index is -3.55. The van der Waals surface area contributed by atoms with Crippen molar-refractivity contribution in [2.45, 2.75) is 32.4 Å². The highest BCUT2D eigenvalue weighted by atomic mass is 32.2. The van der Waals surface area contributed by atoms with Gasteiger partial charge in [0.05, 0.1) is 18.3 Å². The molecular formula is C18H23N3O5S. The highest BCUT2D eigenvalue weighted by molar-refractivity contribution is 7.89. The third kappa shape index (κ3) is 3.35. The SMILES string of the molecule is Cc1nn(CCS(=O)(=O)N2CC3(CCOCC3)C2c2ccccc2)c(=O)o1. The molecule has 0 N–H and O–H groups in total. The van der Waals surface area contributed by atoms with Crippen molar-refractivity contribution < 1.29 is 17.6 Å². The first-order valence-electron chi connectivity index (χ1n) is 9.08. The van der Waals surface area contributed by atoms with Crippen LogP contribution in [0.25, 0.3) is 0 Å². The number of hydrogen-bond donors (Lipinski definition) is 0. The summed E-state index contributed by atoms with van der Waals surface area (Å²) in [6, 6.07) is 9.57. The highest BCUT2D eigenvalue weighted by Gasteiger charge is 2.57. The van der Waals surface area contributed by atoms with Gasteiger partial charge < -0.3 is 9.15 Å². The Morgan fingerprint density at radius 2 is 1.93 bits per heavy atom. The summed E-state index contributed by atoms with van der Waals surface area (Å²) in [4.78, 5) is 11.6. The van der Waals surface area contributed by atoms with Crippen molar-refractivity contribution in [3.05, 3.63) is 52.3 Å². The lowest BCUT2D eigenvalue weighted by atomic mass is 9.65. The second-order valence-corrected chi connectivity index (χ2v) is 9.30. The minimum Gasteiger partial charge on any atom is -0.393 e. The van der Waals surface area contributed by atoms with E-state index in [0.717, 1.165) is 23.1 Å². The van der Waals surface area contributed by atoms with E-state index in [1.54, 1.807) is 11.2 Å². The lowest BCUT2D eigenvalue weighted by Crippen LogP contribution is -2.62. The number of aryl methyl sites for hydroxylation is 2. The van der Waals surface area contributed by atoms with Gasteiger partial charge in [-0.1, -0.05) is 30.3 Å². The Bertz CT molecular complexity index is 960. The number of sulfonamides is 1. The van der Waals surface area contributed by atoms with Crippen LogP contribution in [-0.2, 0) is 21.3 Å². The first-order valence-corrected chi connectivity index (χ1v) is 10.7. The van der Waals surface area contributed by atoms with Gasteiger partial charge in [0.2, 0.25) is 15.9 Å². The van der Waals surface area contributed by atoms with E-state index in [0.29, 0.717) is 19.8 Å². The van der Waals surface area contributed by atoms with Crippen molar-refractivity contribution in [2.75, 3.05) is 25.5 Å². The number of aromatic nitrogens is 2. The smallest absolute Gasteiger partial charge is 0.393 e. The molecule has 2 saturated heterocycles. The molecule has 0 bridgehead atoms.